The van der Waals surface area contributed by atoms with Gasteiger partial charge in [0.05, 0.1) is 22.4 Å². The van der Waals surface area contributed by atoms with Crippen LogP contribution < -0.4 is 5.32 Å². The van der Waals surface area contributed by atoms with Crippen LogP contribution in [0.5, 0.6) is 0 Å². The van der Waals surface area contributed by atoms with Gasteiger partial charge in [0.2, 0.25) is 0 Å². The summed E-state index contributed by atoms with van der Waals surface area (Å²) < 4.78 is 68.1. The maximum Gasteiger partial charge on any atom is 0.416 e. The first-order chi connectivity index (χ1) is 19.5. The highest BCUT2D eigenvalue weighted by Gasteiger charge is 2.30. The molecular weight excluding hydrogens is 547 g/mol. The summed E-state index contributed by atoms with van der Waals surface area (Å²) in [5.41, 5.74) is 1.37. The van der Waals surface area contributed by atoms with E-state index < -0.39 is 35.3 Å². The average Bonchev–Trinajstić information content (AvgIpc) is 3.33. The fourth-order valence-electron chi connectivity index (χ4n) is 4.31. The zero-order valence-corrected chi connectivity index (χ0v) is 20.9. The zero-order chi connectivity index (χ0) is 29.3. The number of hydrogen-bond acceptors (Lipinski definition) is 4. The molecule has 0 atom stereocenters. The van der Waals surface area contributed by atoms with E-state index in [4.69, 9.17) is 5.11 Å². The Morgan fingerprint density at radius 1 is 0.854 bits per heavy atom. The lowest BCUT2D eigenvalue weighted by Crippen LogP contribution is -2.24. The molecule has 0 aliphatic rings. The van der Waals surface area contributed by atoms with E-state index in [0.29, 0.717) is 17.2 Å². The molecule has 3 aromatic carbocycles. The van der Waals surface area contributed by atoms with E-state index in [2.05, 4.69) is 15.6 Å². The summed E-state index contributed by atoms with van der Waals surface area (Å²) in [5, 5.41) is 20.0. The number of benzene rings is 3. The van der Waals surface area contributed by atoms with Crippen LogP contribution in [0, 0.1) is 11.6 Å². The quantitative estimate of drug-likeness (QED) is 0.239. The number of fused-ring (bicyclic) bond motifs is 1. The Bertz CT molecular complexity index is 1740. The van der Waals surface area contributed by atoms with Crippen molar-refractivity contribution in [3.05, 3.63) is 124 Å². The lowest BCUT2D eigenvalue weighted by atomic mass is 10.0. The van der Waals surface area contributed by atoms with Gasteiger partial charge in [-0.1, -0.05) is 29.5 Å². The fraction of sp³-hybridized carbons (Fsp3) is 0.103. The van der Waals surface area contributed by atoms with Gasteiger partial charge in [0, 0.05) is 30.8 Å². The van der Waals surface area contributed by atoms with Crippen LogP contribution in [0.4, 0.5) is 22.0 Å². The van der Waals surface area contributed by atoms with Crippen molar-refractivity contribution in [3.8, 4) is 11.1 Å². The molecule has 0 fully saturated rings. The highest BCUT2D eigenvalue weighted by Crippen LogP contribution is 2.30. The predicted octanol–water partition coefficient (Wildman–Crippen LogP) is 5.91. The summed E-state index contributed by atoms with van der Waals surface area (Å²) in [6.45, 7) is 0.0273. The SMILES string of the molecule is O=C(O)c1ccc(CNC(=O)c2cc(-c3cc(F)cc(F)c3)cn3nnc(Cc4ccc(C(F)(F)F)cc4)c23)cc1. The Morgan fingerprint density at radius 2 is 1.49 bits per heavy atom. The summed E-state index contributed by atoms with van der Waals surface area (Å²) in [5.74, 6) is -3.33. The van der Waals surface area contributed by atoms with Crippen molar-refractivity contribution in [1.82, 2.24) is 20.1 Å². The minimum absolute atomic E-state index is 0.0273. The Hall–Kier alpha value is -5.13. The monoisotopic (exact) mass is 566 g/mol. The van der Waals surface area contributed by atoms with E-state index >= 15 is 0 Å². The van der Waals surface area contributed by atoms with Crippen LogP contribution >= 0.6 is 0 Å². The molecule has 0 radical (unpaired) electrons. The van der Waals surface area contributed by atoms with Gasteiger partial charge in [0.1, 0.15) is 17.2 Å². The molecule has 208 valence electrons. The number of halogens is 5. The topological polar surface area (TPSA) is 96.6 Å². The molecule has 5 rings (SSSR count). The molecule has 12 heteroatoms. The van der Waals surface area contributed by atoms with Crippen LogP contribution in [0.25, 0.3) is 16.6 Å². The molecule has 0 unspecified atom stereocenters. The summed E-state index contributed by atoms with van der Waals surface area (Å²) in [4.78, 5) is 24.5. The molecule has 2 N–H and O–H groups in total. The number of nitrogens with zero attached hydrogens (tertiary/aromatic N) is 3. The number of nitrogens with one attached hydrogen (secondary N) is 1. The Kier molecular flexibility index (Phi) is 7.22. The summed E-state index contributed by atoms with van der Waals surface area (Å²) in [6.07, 6.45) is -3.01. The van der Waals surface area contributed by atoms with Crippen LogP contribution in [-0.2, 0) is 19.1 Å². The van der Waals surface area contributed by atoms with Crippen molar-refractivity contribution < 1.29 is 36.6 Å². The lowest BCUT2D eigenvalue weighted by molar-refractivity contribution is -0.137. The highest BCUT2D eigenvalue weighted by molar-refractivity contribution is 6.02. The number of carboxylic acids is 1. The Balaban J connectivity index is 1.52. The third-order valence-electron chi connectivity index (χ3n) is 6.33. The number of carboxylic acid groups (broad SMARTS) is 1. The number of rotatable bonds is 7. The van der Waals surface area contributed by atoms with Crippen LogP contribution in [0.3, 0.4) is 0 Å². The zero-order valence-electron chi connectivity index (χ0n) is 20.9. The molecule has 41 heavy (non-hydrogen) atoms. The van der Waals surface area contributed by atoms with Crippen LogP contribution in [0.15, 0.2) is 79.0 Å². The van der Waals surface area contributed by atoms with Crippen LogP contribution in [0.2, 0.25) is 0 Å². The molecule has 0 aliphatic heterocycles. The van der Waals surface area contributed by atoms with Gasteiger partial charge < -0.3 is 10.4 Å². The summed E-state index contributed by atoms with van der Waals surface area (Å²) >= 11 is 0. The second-order valence-corrected chi connectivity index (χ2v) is 9.19. The van der Waals surface area contributed by atoms with E-state index in [1.54, 1.807) is 12.1 Å². The van der Waals surface area contributed by atoms with Gasteiger partial charge in [-0.05, 0) is 59.2 Å². The molecule has 0 saturated heterocycles. The molecule has 0 saturated carbocycles. The second-order valence-electron chi connectivity index (χ2n) is 9.19. The van der Waals surface area contributed by atoms with E-state index in [0.717, 1.165) is 24.3 Å². The molecule has 0 bridgehead atoms. The number of carbonyl (C=O) groups excluding carboxylic acids is 1. The smallest absolute Gasteiger partial charge is 0.416 e. The van der Waals surface area contributed by atoms with Crippen molar-refractivity contribution in [1.29, 1.82) is 0 Å². The minimum Gasteiger partial charge on any atom is -0.478 e. The van der Waals surface area contributed by atoms with Gasteiger partial charge in [-0.25, -0.2) is 18.1 Å². The van der Waals surface area contributed by atoms with Crippen LogP contribution in [0.1, 0.15) is 43.1 Å². The first-order valence-corrected chi connectivity index (χ1v) is 12.1. The number of aromatic nitrogens is 3. The first kappa shape index (κ1) is 27.4. The Labute approximate surface area is 228 Å². The molecular formula is C29H19F5N4O3. The van der Waals surface area contributed by atoms with Gasteiger partial charge in [-0.3, -0.25) is 4.79 Å². The van der Waals surface area contributed by atoms with E-state index in [1.807, 2.05) is 0 Å². The summed E-state index contributed by atoms with van der Waals surface area (Å²) in [7, 11) is 0. The number of hydrogen-bond donors (Lipinski definition) is 2. The first-order valence-electron chi connectivity index (χ1n) is 12.1. The van der Waals surface area contributed by atoms with Crippen molar-refractivity contribution in [2.24, 2.45) is 0 Å². The second kappa shape index (κ2) is 10.8. The van der Waals surface area contributed by atoms with Crippen molar-refractivity contribution in [2.45, 2.75) is 19.1 Å². The van der Waals surface area contributed by atoms with Gasteiger partial charge in [0.25, 0.3) is 5.91 Å². The normalized spacial score (nSPS) is 11.5. The molecule has 1 amide bonds. The molecule has 0 aliphatic carbocycles. The Morgan fingerprint density at radius 3 is 2.10 bits per heavy atom. The number of amides is 1. The van der Waals surface area contributed by atoms with E-state index in [-0.39, 0.29) is 46.4 Å². The highest BCUT2D eigenvalue weighted by atomic mass is 19.4. The maximum absolute atomic E-state index is 14.0. The molecule has 7 nitrogen and oxygen atoms in total. The summed E-state index contributed by atoms with van der Waals surface area (Å²) in [6, 6.07) is 14.7. The number of carbonyl (C=O) groups is 2. The van der Waals surface area contributed by atoms with E-state index in [9.17, 15) is 31.5 Å². The third-order valence-corrected chi connectivity index (χ3v) is 6.33. The maximum atomic E-state index is 14.0. The molecule has 5 aromatic rings. The minimum atomic E-state index is -4.49. The van der Waals surface area contributed by atoms with Crippen molar-refractivity contribution >= 4 is 17.4 Å². The standard InChI is InChI=1S/C29H19F5N4O3/c30-22-10-19(11-23(31)13-22)20-12-24(27(39)35-14-17-1-5-18(6-2-17)28(40)41)26-25(36-37-38(26)15-20)9-16-3-7-21(8-4-16)29(32,33)34/h1-8,10-13,15H,9,14H2,(H,35,39)(H,40,41). The number of alkyl halides is 3. The molecule has 2 aromatic heterocycles. The van der Waals surface area contributed by atoms with Crippen molar-refractivity contribution in [2.75, 3.05) is 0 Å². The molecule has 0 spiro atoms. The van der Waals surface area contributed by atoms with Gasteiger partial charge in [-0.2, -0.15) is 13.2 Å². The average molecular weight is 566 g/mol. The van der Waals surface area contributed by atoms with Gasteiger partial charge in [0.15, 0.2) is 0 Å². The largest absolute Gasteiger partial charge is 0.478 e. The molecule has 2 heterocycles. The van der Waals surface area contributed by atoms with Gasteiger partial charge in [-0.15, -0.1) is 5.10 Å². The van der Waals surface area contributed by atoms with Gasteiger partial charge >= 0.3 is 12.1 Å². The number of aromatic carboxylic acids is 1. The van der Waals surface area contributed by atoms with Crippen molar-refractivity contribution in [3.63, 3.8) is 0 Å². The fourth-order valence-corrected chi connectivity index (χ4v) is 4.31. The third kappa shape index (κ3) is 6.06. The number of pyridine rings is 1. The van der Waals surface area contributed by atoms with Crippen LogP contribution in [-0.4, -0.2) is 31.8 Å². The predicted molar refractivity (Wildman–Crippen MR) is 137 cm³/mol. The lowest BCUT2D eigenvalue weighted by Gasteiger charge is -2.11. The van der Waals surface area contributed by atoms with E-state index in [1.165, 1.54) is 41.0 Å².